The zero-order chi connectivity index (χ0) is 18.1. The topological polar surface area (TPSA) is 60.9 Å². The van der Waals surface area contributed by atoms with Crippen LogP contribution in [0.25, 0.3) is 0 Å². The second-order valence-electron chi connectivity index (χ2n) is 6.38. The highest BCUT2D eigenvalue weighted by molar-refractivity contribution is 6.04. The van der Waals surface area contributed by atoms with E-state index < -0.39 is 35.5 Å². The molecule has 0 radical (unpaired) electrons. The van der Waals surface area contributed by atoms with Gasteiger partial charge < -0.3 is 9.80 Å². The summed E-state index contributed by atoms with van der Waals surface area (Å²) in [4.78, 5) is 40.1. The minimum atomic E-state index is -0.697. The third-order valence-electron chi connectivity index (χ3n) is 4.67. The Labute approximate surface area is 144 Å². The van der Waals surface area contributed by atoms with Crippen molar-refractivity contribution in [2.75, 3.05) is 26.7 Å². The first-order chi connectivity index (χ1) is 11.9. The van der Waals surface area contributed by atoms with E-state index in [0.29, 0.717) is 13.0 Å². The molecule has 2 aliphatic heterocycles. The lowest BCUT2D eigenvalue weighted by atomic mass is 9.94. The quantitative estimate of drug-likeness (QED) is 0.782. The summed E-state index contributed by atoms with van der Waals surface area (Å²) in [6, 6.07) is 2.28. The minimum Gasteiger partial charge on any atom is -0.334 e. The molecule has 2 aliphatic rings. The van der Waals surface area contributed by atoms with Crippen LogP contribution < -0.4 is 0 Å². The number of piperidine rings is 1. The maximum Gasteiger partial charge on any atom is 0.327 e. The molecule has 3 rings (SSSR count). The van der Waals surface area contributed by atoms with Crippen LogP contribution in [0.2, 0.25) is 0 Å². The lowest BCUT2D eigenvalue weighted by Gasteiger charge is -2.37. The number of carbonyl (C=O) groups is 3. The molecular weight excluding hydrogens is 332 g/mol. The SMILES string of the molecule is CN1CC(=O)N(CC(=O)N2CCCCC2c2ccc(F)cc2F)C1=O. The maximum atomic E-state index is 14.1. The second kappa shape index (κ2) is 6.78. The molecular formula is C17H19F2N3O3. The summed E-state index contributed by atoms with van der Waals surface area (Å²) in [7, 11) is 1.49. The van der Waals surface area contributed by atoms with E-state index in [1.54, 1.807) is 0 Å². The van der Waals surface area contributed by atoms with Gasteiger partial charge in [-0.2, -0.15) is 0 Å². The van der Waals surface area contributed by atoms with Crippen molar-refractivity contribution in [1.82, 2.24) is 14.7 Å². The number of nitrogens with zero attached hydrogens (tertiary/aromatic N) is 3. The summed E-state index contributed by atoms with van der Waals surface area (Å²) < 4.78 is 27.3. The van der Waals surface area contributed by atoms with Gasteiger partial charge in [-0.1, -0.05) is 6.07 Å². The Morgan fingerprint density at radius 2 is 2.00 bits per heavy atom. The van der Waals surface area contributed by atoms with Gasteiger partial charge in [0, 0.05) is 25.2 Å². The third-order valence-corrected chi connectivity index (χ3v) is 4.67. The van der Waals surface area contributed by atoms with Gasteiger partial charge in [-0.15, -0.1) is 0 Å². The Kier molecular flexibility index (Phi) is 4.69. The number of likely N-dealkylation sites (tertiary alicyclic amines) is 1. The van der Waals surface area contributed by atoms with Crippen LogP contribution in [-0.4, -0.2) is 59.2 Å². The summed E-state index contributed by atoms with van der Waals surface area (Å²) in [5, 5.41) is 0. The smallest absolute Gasteiger partial charge is 0.327 e. The summed E-state index contributed by atoms with van der Waals surface area (Å²) in [5.74, 6) is -2.21. The van der Waals surface area contributed by atoms with E-state index in [1.807, 2.05) is 0 Å². The Hall–Kier alpha value is -2.51. The molecule has 0 saturated carbocycles. The molecule has 0 spiro atoms. The molecule has 1 aromatic rings. The van der Waals surface area contributed by atoms with Crippen molar-refractivity contribution in [1.29, 1.82) is 0 Å². The molecule has 134 valence electrons. The number of hydrogen-bond donors (Lipinski definition) is 0. The molecule has 8 heteroatoms. The molecule has 25 heavy (non-hydrogen) atoms. The highest BCUT2D eigenvalue weighted by atomic mass is 19.1. The van der Waals surface area contributed by atoms with E-state index >= 15 is 0 Å². The van der Waals surface area contributed by atoms with Crippen LogP contribution in [0.3, 0.4) is 0 Å². The standard InChI is InChI=1S/C17H19F2N3O3/c1-20-9-15(23)22(17(20)25)10-16(24)21-7-3-2-4-14(21)12-6-5-11(18)8-13(12)19/h5-6,8,14H,2-4,7,9-10H2,1H3. The van der Waals surface area contributed by atoms with Crippen LogP contribution in [0, 0.1) is 11.6 Å². The van der Waals surface area contributed by atoms with Gasteiger partial charge >= 0.3 is 6.03 Å². The van der Waals surface area contributed by atoms with Crippen molar-refractivity contribution in [2.24, 2.45) is 0 Å². The zero-order valence-electron chi connectivity index (χ0n) is 13.9. The van der Waals surface area contributed by atoms with Crippen LogP contribution >= 0.6 is 0 Å². The van der Waals surface area contributed by atoms with Crippen LogP contribution in [-0.2, 0) is 9.59 Å². The molecule has 0 N–H and O–H groups in total. The normalized spacial score (nSPS) is 21.2. The van der Waals surface area contributed by atoms with Crippen molar-refractivity contribution in [2.45, 2.75) is 25.3 Å². The molecule has 2 heterocycles. The zero-order valence-corrected chi connectivity index (χ0v) is 13.9. The lowest BCUT2D eigenvalue weighted by molar-refractivity contribution is -0.139. The maximum absolute atomic E-state index is 14.1. The molecule has 2 fully saturated rings. The fourth-order valence-electron chi connectivity index (χ4n) is 3.38. The van der Waals surface area contributed by atoms with Gasteiger partial charge in [0.25, 0.3) is 5.91 Å². The lowest BCUT2D eigenvalue weighted by Crippen LogP contribution is -2.46. The first-order valence-corrected chi connectivity index (χ1v) is 8.18. The third kappa shape index (κ3) is 3.33. The Morgan fingerprint density at radius 1 is 1.24 bits per heavy atom. The number of benzene rings is 1. The van der Waals surface area contributed by atoms with Gasteiger partial charge in [0.05, 0.1) is 6.04 Å². The van der Waals surface area contributed by atoms with Crippen molar-refractivity contribution >= 4 is 17.8 Å². The van der Waals surface area contributed by atoms with Gasteiger partial charge in [-0.3, -0.25) is 14.5 Å². The molecule has 0 aliphatic carbocycles. The van der Waals surface area contributed by atoms with Gasteiger partial charge in [0.1, 0.15) is 24.7 Å². The van der Waals surface area contributed by atoms with Crippen molar-refractivity contribution in [3.63, 3.8) is 0 Å². The molecule has 6 nitrogen and oxygen atoms in total. The van der Waals surface area contributed by atoms with E-state index in [2.05, 4.69) is 0 Å². The van der Waals surface area contributed by atoms with Crippen LogP contribution in [0.1, 0.15) is 30.9 Å². The second-order valence-corrected chi connectivity index (χ2v) is 6.38. The van der Waals surface area contributed by atoms with E-state index in [1.165, 1.54) is 22.9 Å². The summed E-state index contributed by atoms with van der Waals surface area (Å²) in [6.07, 6.45) is 2.12. The Morgan fingerprint density at radius 3 is 2.64 bits per heavy atom. The number of imide groups is 1. The average Bonchev–Trinajstić information content (AvgIpc) is 2.81. The van der Waals surface area contributed by atoms with Gasteiger partial charge in [0.15, 0.2) is 0 Å². The first-order valence-electron chi connectivity index (χ1n) is 8.18. The summed E-state index contributed by atoms with van der Waals surface area (Å²) in [6.45, 7) is -0.00414. The number of urea groups is 1. The van der Waals surface area contributed by atoms with Gasteiger partial charge in [0.2, 0.25) is 5.91 Å². The monoisotopic (exact) mass is 351 g/mol. The molecule has 0 bridgehead atoms. The largest absolute Gasteiger partial charge is 0.334 e. The molecule has 1 atom stereocenters. The molecule has 1 unspecified atom stereocenters. The van der Waals surface area contributed by atoms with Gasteiger partial charge in [-0.25, -0.2) is 13.6 Å². The average molecular weight is 351 g/mol. The molecule has 4 amide bonds. The van der Waals surface area contributed by atoms with Crippen LogP contribution in [0.15, 0.2) is 18.2 Å². The number of likely N-dealkylation sites (N-methyl/N-ethyl adjacent to an activating group) is 1. The van der Waals surface area contributed by atoms with E-state index in [4.69, 9.17) is 0 Å². The van der Waals surface area contributed by atoms with Crippen LogP contribution in [0.4, 0.5) is 13.6 Å². The van der Waals surface area contributed by atoms with E-state index in [-0.39, 0.29) is 18.7 Å². The molecule has 2 saturated heterocycles. The Bertz CT molecular complexity index is 725. The first kappa shape index (κ1) is 17.3. The predicted molar refractivity (Wildman–Crippen MR) is 84.4 cm³/mol. The minimum absolute atomic E-state index is 0.0534. The van der Waals surface area contributed by atoms with Crippen molar-refractivity contribution in [3.8, 4) is 0 Å². The molecule has 1 aromatic carbocycles. The van der Waals surface area contributed by atoms with E-state index in [9.17, 15) is 23.2 Å². The number of carbonyl (C=O) groups excluding carboxylic acids is 3. The highest BCUT2D eigenvalue weighted by Gasteiger charge is 2.37. The molecule has 0 aromatic heterocycles. The van der Waals surface area contributed by atoms with E-state index in [0.717, 1.165) is 29.9 Å². The summed E-state index contributed by atoms with van der Waals surface area (Å²) >= 11 is 0. The highest BCUT2D eigenvalue weighted by Crippen LogP contribution is 2.33. The number of hydrogen-bond acceptors (Lipinski definition) is 3. The summed E-state index contributed by atoms with van der Waals surface area (Å²) in [5.41, 5.74) is 0.255. The predicted octanol–water partition coefficient (Wildman–Crippen LogP) is 1.91. The van der Waals surface area contributed by atoms with Crippen LogP contribution in [0.5, 0.6) is 0 Å². The number of rotatable bonds is 3. The Balaban J connectivity index is 1.80. The fraction of sp³-hybridized carbons (Fsp3) is 0.471. The number of amides is 4. The van der Waals surface area contributed by atoms with Crippen molar-refractivity contribution in [3.05, 3.63) is 35.4 Å². The van der Waals surface area contributed by atoms with Crippen molar-refractivity contribution < 1.29 is 23.2 Å². The number of halogens is 2. The van der Waals surface area contributed by atoms with Gasteiger partial charge in [-0.05, 0) is 25.3 Å². The fourth-order valence-corrected chi connectivity index (χ4v) is 3.38.